The molecule has 0 fully saturated rings. The number of imidazole rings is 1. The van der Waals surface area contributed by atoms with Crippen molar-refractivity contribution in [2.24, 2.45) is 0 Å². The van der Waals surface area contributed by atoms with E-state index in [2.05, 4.69) is 9.97 Å². The standard InChI is InChI=1S/C13H9N3O2/c17-13(18)11-8-16-7-9(4-5-12(16)15-11)10-3-1-2-6-14-10/h1-8H,(H,17,18). The molecule has 0 aromatic carbocycles. The van der Waals surface area contributed by atoms with E-state index in [0.29, 0.717) is 5.65 Å². The SMILES string of the molecule is O=C(O)c1cn2cc(-c3ccccn3)ccc2n1. The number of fused-ring (bicyclic) bond motifs is 1. The van der Waals surface area contributed by atoms with Crippen LogP contribution >= 0.6 is 0 Å². The average molecular weight is 239 g/mol. The van der Waals surface area contributed by atoms with E-state index in [4.69, 9.17) is 5.11 Å². The maximum atomic E-state index is 10.8. The Bertz CT molecular complexity index is 719. The van der Waals surface area contributed by atoms with Crippen LogP contribution in [0, 0.1) is 0 Å². The zero-order valence-electron chi connectivity index (χ0n) is 9.32. The quantitative estimate of drug-likeness (QED) is 0.743. The highest BCUT2D eigenvalue weighted by atomic mass is 16.4. The first-order chi connectivity index (χ1) is 8.74. The summed E-state index contributed by atoms with van der Waals surface area (Å²) in [6.45, 7) is 0. The van der Waals surface area contributed by atoms with Crippen LogP contribution in [0.5, 0.6) is 0 Å². The zero-order valence-corrected chi connectivity index (χ0v) is 9.32. The summed E-state index contributed by atoms with van der Waals surface area (Å²) < 4.78 is 1.69. The van der Waals surface area contributed by atoms with Crippen LogP contribution in [-0.4, -0.2) is 25.4 Å². The summed E-state index contributed by atoms with van der Waals surface area (Å²) >= 11 is 0. The maximum absolute atomic E-state index is 10.8. The second-order valence-corrected chi connectivity index (χ2v) is 3.83. The van der Waals surface area contributed by atoms with Gasteiger partial charge in [-0.1, -0.05) is 6.07 Å². The molecule has 3 rings (SSSR count). The number of hydrogen-bond acceptors (Lipinski definition) is 3. The third-order valence-electron chi connectivity index (χ3n) is 2.63. The Labute approximate surface area is 102 Å². The Balaban J connectivity index is 2.14. The first kappa shape index (κ1) is 10.5. The van der Waals surface area contributed by atoms with Gasteiger partial charge in [0, 0.05) is 24.2 Å². The monoisotopic (exact) mass is 239 g/mol. The van der Waals surface area contributed by atoms with E-state index < -0.39 is 5.97 Å². The normalized spacial score (nSPS) is 10.7. The lowest BCUT2D eigenvalue weighted by atomic mass is 10.2. The number of rotatable bonds is 2. The molecule has 0 unspecified atom stereocenters. The van der Waals surface area contributed by atoms with E-state index in [1.165, 1.54) is 6.20 Å². The second kappa shape index (κ2) is 3.96. The second-order valence-electron chi connectivity index (χ2n) is 3.83. The van der Waals surface area contributed by atoms with E-state index in [-0.39, 0.29) is 5.69 Å². The lowest BCUT2D eigenvalue weighted by molar-refractivity contribution is 0.0691. The van der Waals surface area contributed by atoms with Crippen molar-refractivity contribution >= 4 is 11.6 Å². The van der Waals surface area contributed by atoms with Gasteiger partial charge in [0.25, 0.3) is 0 Å². The largest absolute Gasteiger partial charge is 0.476 e. The predicted octanol–water partition coefficient (Wildman–Crippen LogP) is 2.09. The number of aromatic nitrogens is 3. The molecule has 3 aromatic heterocycles. The minimum atomic E-state index is -1.03. The number of pyridine rings is 2. The molecular formula is C13H9N3O2. The molecule has 88 valence electrons. The molecule has 18 heavy (non-hydrogen) atoms. The summed E-state index contributed by atoms with van der Waals surface area (Å²) in [4.78, 5) is 19.1. The number of aromatic carboxylic acids is 1. The third kappa shape index (κ3) is 1.71. The molecule has 5 heteroatoms. The van der Waals surface area contributed by atoms with E-state index in [1.807, 2.05) is 30.5 Å². The molecule has 0 atom stereocenters. The van der Waals surface area contributed by atoms with Crippen LogP contribution in [0.2, 0.25) is 0 Å². The number of carboxylic acid groups (broad SMARTS) is 1. The van der Waals surface area contributed by atoms with Crippen LogP contribution in [0.25, 0.3) is 16.9 Å². The van der Waals surface area contributed by atoms with Gasteiger partial charge in [-0.25, -0.2) is 9.78 Å². The summed E-state index contributed by atoms with van der Waals surface area (Å²) in [7, 11) is 0. The van der Waals surface area contributed by atoms with Gasteiger partial charge in [-0.3, -0.25) is 4.98 Å². The highest BCUT2D eigenvalue weighted by Crippen LogP contribution is 2.17. The van der Waals surface area contributed by atoms with E-state index in [1.54, 1.807) is 16.7 Å². The molecule has 0 aliphatic carbocycles. The van der Waals surface area contributed by atoms with Crippen LogP contribution < -0.4 is 0 Å². The summed E-state index contributed by atoms with van der Waals surface area (Å²) in [5.41, 5.74) is 2.39. The first-order valence-electron chi connectivity index (χ1n) is 5.37. The van der Waals surface area contributed by atoms with Gasteiger partial charge in [0.1, 0.15) is 5.65 Å². The Morgan fingerprint density at radius 1 is 1.17 bits per heavy atom. The predicted molar refractivity (Wildman–Crippen MR) is 65.4 cm³/mol. The van der Waals surface area contributed by atoms with Crippen molar-refractivity contribution in [3.05, 3.63) is 54.6 Å². The third-order valence-corrected chi connectivity index (χ3v) is 2.63. The maximum Gasteiger partial charge on any atom is 0.356 e. The first-order valence-corrected chi connectivity index (χ1v) is 5.37. The molecule has 3 heterocycles. The fraction of sp³-hybridized carbons (Fsp3) is 0. The fourth-order valence-corrected chi connectivity index (χ4v) is 1.78. The molecule has 0 radical (unpaired) electrons. The van der Waals surface area contributed by atoms with Crippen molar-refractivity contribution in [3.8, 4) is 11.3 Å². The highest BCUT2D eigenvalue weighted by Gasteiger charge is 2.09. The number of nitrogens with zero attached hydrogens (tertiary/aromatic N) is 3. The van der Waals surface area contributed by atoms with Crippen LogP contribution in [0.4, 0.5) is 0 Å². The highest BCUT2D eigenvalue weighted by molar-refractivity contribution is 5.86. The summed E-state index contributed by atoms with van der Waals surface area (Å²) in [6.07, 6.45) is 5.03. The van der Waals surface area contributed by atoms with Gasteiger partial charge in [0.15, 0.2) is 5.69 Å². The van der Waals surface area contributed by atoms with E-state index >= 15 is 0 Å². The number of carboxylic acids is 1. The van der Waals surface area contributed by atoms with Gasteiger partial charge in [0.2, 0.25) is 0 Å². The molecule has 0 aliphatic heterocycles. The molecule has 0 amide bonds. The lowest BCUT2D eigenvalue weighted by Crippen LogP contribution is -1.94. The Kier molecular flexibility index (Phi) is 2.30. The topological polar surface area (TPSA) is 67.5 Å². The minimum absolute atomic E-state index is 0.0353. The molecule has 0 spiro atoms. The van der Waals surface area contributed by atoms with Gasteiger partial charge >= 0.3 is 5.97 Å². The number of carbonyl (C=O) groups is 1. The lowest BCUT2D eigenvalue weighted by Gasteiger charge is -2.00. The van der Waals surface area contributed by atoms with Gasteiger partial charge < -0.3 is 9.51 Å². The molecule has 0 saturated carbocycles. The van der Waals surface area contributed by atoms with Crippen molar-refractivity contribution in [1.82, 2.24) is 14.4 Å². The Morgan fingerprint density at radius 2 is 2.06 bits per heavy atom. The van der Waals surface area contributed by atoms with Crippen LogP contribution in [0.1, 0.15) is 10.5 Å². The summed E-state index contributed by atoms with van der Waals surface area (Å²) in [6, 6.07) is 9.30. The molecule has 5 nitrogen and oxygen atoms in total. The smallest absolute Gasteiger partial charge is 0.356 e. The van der Waals surface area contributed by atoms with Crippen LogP contribution in [0.3, 0.4) is 0 Å². The molecule has 0 bridgehead atoms. The van der Waals surface area contributed by atoms with E-state index in [9.17, 15) is 4.79 Å². The molecular weight excluding hydrogens is 230 g/mol. The Hall–Kier alpha value is -2.69. The average Bonchev–Trinajstić information content (AvgIpc) is 2.82. The Morgan fingerprint density at radius 3 is 2.78 bits per heavy atom. The van der Waals surface area contributed by atoms with E-state index in [0.717, 1.165) is 11.3 Å². The van der Waals surface area contributed by atoms with Crippen molar-refractivity contribution in [3.63, 3.8) is 0 Å². The van der Waals surface area contributed by atoms with Crippen LogP contribution in [-0.2, 0) is 0 Å². The van der Waals surface area contributed by atoms with Crippen molar-refractivity contribution in [2.45, 2.75) is 0 Å². The fourth-order valence-electron chi connectivity index (χ4n) is 1.78. The molecule has 3 aromatic rings. The van der Waals surface area contributed by atoms with Crippen molar-refractivity contribution in [2.75, 3.05) is 0 Å². The van der Waals surface area contributed by atoms with Gasteiger partial charge in [-0.05, 0) is 24.3 Å². The summed E-state index contributed by atoms with van der Waals surface area (Å²) in [5, 5.41) is 8.88. The van der Waals surface area contributed by atoms with Crippen molar-refractivity contribution < 1.29 is 9.90 Å². The van der Waals surface area contributed by atoms with Gasteiger partial charge in [-0.2, -0.15) is 0 Å². The molecule has 0 saturated heterocycles. The summed E-state index contributed by atoms with van der Waals surface area (Å²) in [5.74, 6) is -1.03. The number of hydrogen-bond donors (Lipinski definition) is 1. The molecule has 0 aliphatic rings. The zero-order chi connectivity index (χ0) is 12.5. The minimum Gasteiger partial charge on any atom is -0.476 e. The molecule has 1 N–H and O–H groups in total. The van der Waals surface area contributed by atoms with Crippen LogP contribution in [0.15, 0.2) is 48.9 Å². The van der Waals surface area contributed by atoms with Gasteiger partial charge in [0.05, 0.1) is 5.69 Å². The van der Waals surface area contributed by atoms with Gasteiger partial charge in [-0.15, -0.1) is 0 Å². The van der Waals surface area contributed by atoms with Crippen molar-refractivity contribution in [1.29, 1.82) is 0 Å².